The highest BCUT2D eigenvalue weighted by Gasteiger charge is 2.35. The molecule has 0 spiro atoms. The van der Waals surface area contributed by atoms with Gasteiger partial charge in [-0.3, -0.25) is 9.69 Å². The molecule has 2 heterocycles. The lowest BCUT2D eigenvalue weighted by Crippen LogP contribution is -2.36. The van der Waals surface area contributed by atoms with Crippen molar-refractivity contribution in [3.63, 3.8) is 0 Å². The Labute approximate surface area is 186 Å². The van der Waals surface area contributed by atoms with Gasteiger partial charge in [0, 0.05) is 23.7 Å². The van der Waals surface area contributed by atoms with E-state index in [0.717, 1.165) is 0 Å². The summed E-state index contributed by atoms with van der Waals surface area (Å²) in [5.41, 5.74) is 1.41. The molecule has 8 nitrogen and oxygen atoms in total. The molecule has 1 saturated heterocycles. The van der Waals surface area contributed by atoms with Gasteiger partial charge in [-0.15, -0.1) is 13.2 Å². The van der Waals surface area contributed by atoms with E-state index in [1.165, 1.54) is 24.3 Å². The fraction of sp³-hybridized carbons (Fsp3) is 0.273. The Balaban J connectivity index is 1.40. The Morgan fingerprint density at radius 1 is 1.21 bits per heavy atom. The van der Waals surface area contributed by atoms with Crippen LogP contribution in [0.4, 0.5) is 13.2 Å². The molecule has 0 saturated carbocycles. The zero-order valence-electron chi connectivity index (χ0n) is 17.3. The van der Waals surface area contributed by atoms with E-state index in [0.29, 0.717) is 35.5 Å². The molecule has 0 radical (unpaired) electrons. The molecule has 1 fully saturated rings. The topological polar surface area (TPSA) is 104 Å². The average molecular weight is 457 g/mol. The maximum atomic E-state index is 12.5. The quantitative estimate of drug-likeness (QED) is 0.623. The Morgan fingerprint density at radius 3 is 2.55 bits per heavy atom. The van der Waals surface area contributed by atoms with E-state index in [1.807, 2.05) is 18.0 Å². The highest BCUT2D eigenvalue weighted by atomic mass is 19.4. The smallest absolute Gasteiger partial charge is 0.406 e. The van der Waals surface area contributed by atoms with Crippen LogP contribution in [0, 0.1) is 11.3 Å². The van der Waals surface area contributed by atoms with Crippen LogP contribution in [0.2, 0.25) is 0 Å². The lowest BCUT2D eigenvalue weighted by atomic mass is 10.1. The molecule has 1 aliphatic heterocycles. The summed E-state index contributed by atoms with van der Waals surface area (Å²) in [6.45, 7) is 0.563. The molecule has 0 unspecified atom stereocenters. The molecule has 170 valence electrons. The molecular weight excluding hydrogens is 439 g/mol. The third-order valence-electron chi connectivity index (χ3n) is 5.23. The minimum absolute atomic E-state index is 0.155. The van der Waals surface area contributed by atoms with Crippen molar-refractivity contribution in [2.75, 3.05) is 13.6 Å². The van der Waals surface area contributed by atoms with Crippen LogP contribution in [-0.2, 0) is 0 Å². The molecule has 1 N–H and O–H groups in total. The van der Waals surface area contributed by atoms with Crippen molar-refractivity contribution in [2.24, 2.45) is 0 Å². The summed E-state index contributed by atoms with van der Waals surface area (Å²) in [7, 11) is 1.87. The van der Waals surface area contributed by atoms with E-state index < -0.39 is 6.36 Å². The highest BCUT2D eigenvalue weighted by molar-refractivity contribution is 5.94. The van der Waals surface area contributed by atoms with Crippen molar-refractivity contribution in [3.8, 4) is 23.2 Å². The molecule has 2 atom stereocenters. The van der Waals surface area contributed by atoms with Crippen LogP contribution in [-0.4, -0.2) is 46.9 Å². The first-order chi connectivity index (χ1) is 15.7. The molecule has 2 aromatic carbocycles. The largest absolute Gasteiger partial charge is 0.573 e. The monoisotopic (exact) mass is 457 g/mol. The third-order valence-corrected chi connectivity index (χ3v) is 5.23. The van der Waals surface area contributed by atoms with Gasteiger partial charge in [0.25, 0.3) is 5.91 Å². The SMILES string of the molecule is CN1C[C@@H](NC(=O)c2ccc(C#N)cc2)C[C@H]1c1nc(-c2ccc(OC(F)(F)F)cc2)no1. The number of hydrogen-bond acceptors (Lipinski definition) is 7. The predicted molar refractivity (Wildman–Crippen MR) is 109 cm³/mol. The molecule has 4 rings (SSSR count). The normalized spacial score (nSPS) is 18.6. The summed E-state index contributed by atoms with van der Waals surface area (Å²) >= 11 is 0. The second kappa shape index (κ2) is 8.91. The van der Waals surface area contributed by atoms with Crippen LogP contribution in [0.15, 0.2) is 53.1 Å². The number of amides is 1. The number of rotatable bonds is 5. The number of hydrogen-bond donors (Lipinski definition) is 1. The van der Waals surface area contributed by atoms with Crippen LogP contribution in [0.3, 0.4) is 0 Å². The first kappa shape index (κ1) is 22.3. The Bertz CT molecular complexity index is 1170. The van der Waals surface area contributed by atoms with Gasteiger partial charge in [-0.05, 0) is 62.0 Å². The number of benzene rings is 2. The minimum Gasteiger partial charge on any atom is -0.406 e. The summed E-state index contributed by atoms with van der Waals surface area (Å²) in [5.74, 6) is -0.00229. The summed E-state index contributed by atoms with van der Waals surface area (Å²) in [6.07, 6.45) is -4.22. The number of halogens is 3. The Kier molecular flexibility index (Phi) is 6.02. The summed E-state index contributed by atoms with van der Waals surface area (Å²) in [6, 6.07) is 13.2. The zero-order valence-corrected chi connectivity index (χ0v) is 17.3. The van der Waals surface area contributed by atoms with Crippen LogP contribution in [0.1, 0.15) is 34.3 Å². The van der Waals surface area contributed by atoms with Gasteiger partial charge < -0.3 is 14.6 Å². The average Bonchev–Trinajstić information content (AvgIpc) is 3.40. The van der Waals surface area contributed by atoms with Crippen molar-refractivity contribution in [2.45, 2.75) is 24.9 Å². The number of carbonyl (C=O) groups excluding carboxylic acids is 1. The number of likely N-dealkylation sites (N-methyl/N-ethyl adjacent to an activating group) is 1. The molecule has 33 heavy (non-hydrogen) atoms. The second-order valence-electron chi connectivity index (χ2n) is 7.58. The third kappa shape index (κ3) is 5.30. The van der Waals surface area contributed by atoms with E-state index >= 15 is 0 Å². The number of nitriles is 1. The number of likely N-dealkylation sites (tertiary alicyclic amines) is 1. The number of carbonyl (C=O) groups is 1. The maximum absolute atomic E-state index is 12.5. The Morgan fingerprint density at radius 2 is 1.91 bits per heavy atom. The van der Waals surface area contributed by atoms with E-state index in [2.05, 4.69) is 20.2 Å². The second-order valence-corrected chi connectivity index (χ2v) is 7.58. The first-order valence-corrected chi connectivity index (χ1v) is 9.93. The molecule has 11 heteroatoms. The maximum Gasteiger partial charge on any atom is 0.573 e. The molecule has 1 amide bonds. The van der Waals surface area contributed by atoms with Crippen molar-refractivity contribution < 1.29 is 27.2 Å². The molecule has 0 bridgehead atoms. The van der Waals surface area contributed by atoms with Gasteiger partial charge in [-0.1, -0.05) is 5.16 Å². The fourth-order valence-corrected chi connectivity index (χ4v) is 3.65. The van der Waals surface area contributed by atoms with Gasteiger partial charge in [0.1, 0.15) is 5.75 Å². The molecule has 3 aromatic rings. The summed E-state index contributed by atoms with van der Waals surface area (Å²) < 4.78 is 46.2. The lowest BCUT2D eigenvalue weighted by Gasteiger charge is -2.14. The van der Waals surface area contributed by atoms with E-state index in [-0.39, 0.29) is 29.6 Å². The van der Waals surface area contributed by atoms with Crippen LogP contribution in [0.5, 0.6) is 5.75 Å². The number of nitrogens with zero attached hydrogens (tertiary/aromatic N) is 4. The Hall–Kier alpha value is -3.91. The van der Waals surface area contributed by atoms with Gasteiger partial charge in [0.05, 0.1) is 17.7 Å². The number of nitrogens with one attached hydrogen (secondary N) is 1. The number of aromatic nitrogens is 2. The van der Waals surface area contributed by atoms with Gasteiger partial charge in [0.2, 0.25) is 11.7 Å². The molecular formula is C22H18F3N5O3. The fourth-order valence-electron chi connectivity index (χ4n) is 3.65. The first-order valence-electron chi connectivity index (χ1n) is 9.93. The lowest BCUT2D eigenvalue weighted by molar-refractivity contribution is -0.274. The highest BCUT2D eigenvalue weighted by Crippen LogP contribution is 2.32. The van der Waals surface area contributed by atoms with E-state index in [4.69, 9.17) is 9.78 Å². The zero-order chi connectivity index (χ0) is 23.6. The summed E-state index contributed by atoms with van der Waals surface area (Å²) in [5, 5.41) is 15.8. The van der Waals surface area contributed by atoms with Crippen molar-refractivity contribution >= 4 is 5.91 Å². The van der Waals surface area contributed by atoms with Gasteiger partial charge >= 0.3 is 6.36 Å². The van der Waals surface area contributed by atoms with Gasteiger partial charge in [-0.2, -0.15) is 10.2 Å². The predicted octanol–water partition coefficient (Wildman–Crippen LogP) is 3.68. The standard InChI is InChI=1S/C22H18F3N5O3/c1-30-12-16(27-20(31)15-4-2-13(11-26)3-5-15)10-18(30)21-28-19(29-33-21)14-6-8-17(9-7-14)32-22(23,24)25/h2-9,16,18H,10,12H2,1H3,(H,27,31)/t16-,18-/m0/s1. The van der Waals surface area contributed by atoms with E-state index in [1.54, 1.807) is 24.3 Å². The molecule has 0 aliphatic carbocycles. The number of ether oxygens (including phenoxy) is 1. The van der Waals surface area contributed by atoms with Crippen molar-refractivity contribution in [1.82, 2.24) is 20.4 Å². The van der Waals surface area contributed by atoms with Gasteiger partial charge in [0.15, 0.2) is 0 Å². The van der Waals surface area contributed by atoms with Crippen molar-refractivity contribution in [1.29, 1.82) is 5.26 Å². The van der Waals surface area contributed by atoms with E-state index in [9.17, 15) is 18.0 Å². The molecule has 1 aromatic heterocycles. The number of alkyl halides is 3. The van der Waals surface area contributed by atoms with Crippen LogP contribution in [0.25, 0.3) is 11.4 Å². The van der Waals surface area contributed by atoms with Crippen LogP contribution >= 0.6 is 0 Å². The minimum atomic E-state index is -4.76. The summed E-state index contributed by atoms with van der Waals surface area (Å²) in [4.78, 5) is 18.9. The van der Waals surface area contributed by atoms with Gasteiger partial charge in [-0.25, -0.2) is 0 Å². The van der Waals surface area contributed by atoms with Crippen LogP contribution < -0.4 is 10.1 Å². The molecule has 1 aliphatic rings. The van der Waals surface area contributed by atoms with Crippen molar-refractivity contribution in [3.05, 3.63) is 65.5 Å².